The molecule has 0 fully saturated rings. The lowest BCUT2D eigenvalue weighted by Crippen LogP contribution is -2.39. The number of aryl methyl sites for hydroxylation is 4. The maximum Gasteiger partial charge on any atom is 0.263 e. The molecular weight excluding hydrogens is 368 g/mol. The number of nitrogens with zero attached hydrogens (tertiary/aromatic N) is 4. The second kappa shape index (κ2) is 9.34. The largest absolute Gasteiger partial charge is 0.395 e. The monoisotopic (exact) mass is 394 g/mol. The number of aliphatic hydroxyl groups is 1. The lowest BCUT2D eigenvalue weighted by atomic mass is 10.1. The molecule has 1 amide bonds. The van der Waals surface area contributed by atoms with Crippen molar-refractivity contribution in [1.29, 1.82) is 0 Å². The Kier molecular flexibility index (Phi) is 6.61. The molecule has 0 spiro atoms. The van der Waals surface area contributed by atoms with Gasteiger partial charge in [0, 0.05) is 38.7 Å². The van der Waals surface area contributed by atoms with Crippen LogP contribution < -0.4 is 5.56 Å². The van der Waals surface area contributed by atoms with Gasteiger partial charge in [0.25, 0.3) is 11.5 Å². The first kappa shape index (κ1) is 20.5. The summed E-state index contributed by atoms with van der Waals surface area (Å²) in [4.78, 5) is 32.0. The summed E-state index contributed by atoms with van der Waals surface area (Å²) in [6, 6.07) is 11.7. The third-order valence-corrected chi connectivity index (χ3v) is 4.98. The molecule has 2 heterocycles. The Hall–Kier alpha value is -3.19. The van der Waals surface area contributed by atoms with Crippen molar-refractivity contribution in [1.82, 2.24) is 19.0 Å². The maximum absolute atomic E-state index is 13.2. The van der Waals surface area contributed by atoms with E-state index < -0.39 is 5.91 Å². The number of carbonyl (C=O) groups is 1. The number of imidazole rings is 1. The number of rotatable bonds is 8. The highest BCUT2D eigenvalue weighted by atomic mass is 16.3. The number of aliphatic hydroxyl groups excluding tert-OH is 1. The number of pyridine rings is 1. The Morgan fingerprint density at radius 2 is 1.93 bits per heavy atom. The normalized spacial score (nSPS) is 10.9. The molecule has 3 rings (SSSR count). The molecule has 29 heavy (non-hydrogen) atoms. The van der Waals surface area contributed by atoms with Crippen molar-refractivity contribution in [2.24, 2.45) is 7.05 Å². The summed E-state index contributed by atoms with van der Waals surface area (Å²) in [6.45, 7) is 2.41. The average Bonchev–Trinajstić information content (AvgIpc) is 3.12. The summed E-state index contributed by atoms with van der Waals surface area (Å²) in [7, 11) is 1.84. The van der Waals surface area contributed by atoms with Gasteiger partial charge in [0.2, 0.25) is 0 Å². The Morgan fingerprint density at radius 1 is 1.17 bits per heavy atom. The van der Waals surface area contributed by atoms with Gasteiger partial charge in [0.1, 0.15) is 11.4 Å². The van der Waals surface area contributed by atoms with E-state index in [9.17, 15) is 14.7 Å². The van der Waals surface area contributed by atoms with Crippen LogP contribution in [0.1, 0.15) is 27.3 Å². The number of carbonyl (C=O) groups excluding carboxylic acids is 1. The van der Waals surface area contributed by atoms with Gasteiger partial charge in [-0.3, -0.25) is 9.59 Å². The van der Waals surface area contributed by atoms with Crippen LogP contribution in [0.3, 0.4) is 0 Å². The highest BCUT2D eigenvalue weighted by Crippen LogP contribution is 2.11. The fraction of sp³-hybridized carbons (Fsp3) is 0.318. The van der Waals surface area contributed by atoms with Gasteiger partial charge in [0.05, 0.1) is 13.2 Å². The molecule has 1 aromatic carbocycles. The van der Waals surface area contributed by atoms with Crippen LogP contribution in [0.25, 0.3) is 0 Å². The van der Waals surface area contributed by atoms with Crippen molar-refractivity contribution in [3.63, 3.8) is 0 Å². The second-order valence-corrected chi connectivity index (χ2v) is 7.01. The Bertz CT molecular complexity index is 1020. The molecule has 152 valence electrons. The van der Waals surface area contributed by atoms with E-state index >= 15 is 0 Å². The van der Waals surface area contributed by atoms with Crippen LogP contribution in [-0.4, -0.2) is 43.2 Å². The highest BCUT2D eigenvalue weighted by molar-refractivity contribution is 5.95. The van der Waals surface area contributed by atoms with E-state index in [-0.39, 0.29) is 30.8 Å². The van der Waals surface area contributed by atoms with Gasteiger partial charge in [-0.25, -0.2) is 4.98 Å². The third kappa shape index (κ3) is 4.81. The van der Waals surface area contributed by atoms with Crippen LogP contribution in [0, 0.1) is 6.92 Å². The zero-order chi connectivity index (χ0) is 20.8. The molecule has 7 heteroatoms. The predicted octanol–water partition coefficient (Wildman–Crippen LogP) is 1.77. The van der Waals surface area contributed by atoms with Gasteiger partial charge < -0.3 is 19.1 Å². The molecular formula is C22H26N4O3. The van der Waals surface area contributed by atoms with Gasteiger partial charge >= 0.3 is 0 Å². The SMILES string of the molecule is Cc1ccn(CCc2ccccc2)c(=O)c1C(=O)N(CCO)Cc1nccn1C. The molecule has 0 aliphatic carbocycles. The summed E-state index contributed by atoms with van der Waals surface area (Å²) in [5.74, 6) is 0.295. The van der Waals surface area contributed by atoms with Crippen molar-refractivity contribution in [3.05, 3.63) is 87.9 Å². The maximum atomic E-state index is 13.2. The van der Waals surface area contributed by atoms with Gasteiger partial charge in [-0.15, -0.1) is 0 Å². The molecule has 3 aromatic rings. The number of hydrogen-bond acceptors (Lipinski definition) is 4. The zero-order valence-electron chi connectivity index (χ0n) is 16.8. The van der Waals surface area contributed by atoms with Crippen molar-refractivity contribution in [2.45, 2.75) is 26.4 Å². The first-order chi connectivity index (χ1) is 14.0. The summed E-state index contributed by atoms with van der Waals surface area (Å²) >= 11 is 0. The van der Waals surface area contributed by atoms with Gasteiger partial charge in [-0.1, -0.05) is 30.3 Å². The van der Waals surface area contributed by atoms with Gasteiger partial charge in [-0.2, -0.15) is 0 Å². The average molecular weight is 394 g/mol. The van der Waals surface area contributed by atoms with Crippen molar-refractivity contribution >= 4 is 5.91 Å². The molecule has 2 aromatic heterocycles. The van der Waals surface area contributed by atoms with Crippen molar-refractivity contribution < 1.29 is 9.90 Å². The molecule has 7 nitrogen and oxygen atoms in total. The van der Waals surface area contributed by atoms with Crippen molar-refractivity contribution in [3.8, 4) is 0 Å². The minimum Gasteiger partial charge on any atom is -0.395 e. The fourth-order valence-corrected chi connectivity index (χ4v) is 3.25. The Balaban J connectivity index is 1.86. The fourth-order valence-electron chi connectivity index (χ4n) is 3.25. The van der Waals surface area contributed by atoms with E-state index in [1.165, 1.54) is 4.90 Å². The first-order valence-corrected chi connectivity index (χ1v) is 9.61. The van der Waals surface area contributed by atoms with Crippen LogP contribution >= 0.6 is 0 Å². The van der Waals surface area contributed by atoms with Crippen LogP contribution in [-0.2, 0) is 26.6 Å². The van der Waals surface area contributed by atoms with E-state index in [1.54, 1.807) is 36.1 Å². The Labute approximate surface area is 169 Å². The van der Waals surface area contributed by atoms with Crippen molar-refractivity contribution in [2.75, 3.05) is 13.2 Å². The molecule has 0 saturated heterocycles. The van der Waals surface area contributed by atoms with E-state index in [0.717, 1.165) is 5.56 Å². The van der Waals surface area contributed by atoms with E-state index in [4.69, 9.17) is 0 Å². The number of hydrogen-bond donors (Lipinski definition) is 1. The summed E-state index contributed by atoms with van der Waals surface area (Å²) < 4.78 is 3.39. The summed E-state index contributed by atoms with van der Waals surface area (Å²) in [5, 5.41) is 9.43. The molecule has 0 aliphatic rings. The molecule has 0 radical (unpaired) electrons. The van der Waals surface area contributed by atoms with Crippen LogP contribution in [0.15, 0.2) is 59.8 Å². The third-order valence-electron chi connectivity index (χ3n) is 4.98. The number of aromatic nitrogens is 3. The molecule has 0 aliphatic heterocycles. The highest BCUT2D eigenvalue weighted by Gasteiger charge is 2.23. The topological polar surface area (TPSA) is 80.4 Å². The van der Waals surface area contributed by atoms with Gasteiger partial charge in [-0.05, 0) is 30.5 Å². The molecule has 0 saturated carbocycles. The second-order valence-electron chi connectivity index (χ2n) is 7.01. The molecule has 0 atom stereocenters. The van der Waals surface area contributed by atoms with Crippen LogP contribution in [0.4, 0.5) is 0 Å². The lowest BCUT2D eigenvalue weighted by Gasteiger charge is -2.22. The molecule has 1 N–H and O–H groups in total. The van der Waals surface area contributed by atoms with E-state index in [0.29, 0.717) is 24.4 Å². The molecule has 0 unspecified atom stereocenters. The van der Waals surface area contributed by atoms with Crippen LogP contribution in [0.5, 0.6) is 0 Å². The smallest absolute Gasteiger partial charge is 0.263 e. The number of benzene rings is 1. The zero-order valence-corrected chi connectivity index (χ0v) is 16.8. The minimum atomic E-state index is -0.390. The number of amides is 1. The van der Waals surface area contributed by atoms with E-state index in [1.807, 2.05) is 41.9 Å². The standard InChI is InChI=1S/C22H26N4O3/c1-17-8-11-25(12-9-18-6-4-3-5-7-18)21(28)20(17)22(29)26(14-15-27)16-19-23-10-13-24(19)2/h3-8,10-11,13,27H,9,12,14-16H2,1-2H3. The first-order valence-electron chi connectivity index (χ1n) is 9.61. The molecule has 0 bridgehead atoms. The lowest BCUT2D eigenvalue weighted by molar-refractivity contribution is 0.0698. The quantitative estimate of drug-likeness (QED) is 0.631. The predicted molar refractivity (Wildman–Crippen MR) is 111 cm³/mol. The minimum absolute atomic E-state index is 0.128. The van der Waals surface area contributed by atoms with Gasteiger partial charge in [0.15, 0.2) is 0 Å². The van der Waals surface area contributed by atoms with E-state index in [2.05, 4.69) is 4.98 Å². The van der Waals surface area contributed by atoms with Crippen LogP contribution in [0.2, 0.25) is 0 Å². The Morgan fingerprint density at radius 3 is 2.59 bits per heavy atom. The summed E-state index contributed by atoms with van der Waals surface area (Å²) in [5.41, 5.74) is 1.58. The summed E-state index contributed by atoms with van der Waals surface area (Å²) in [6.07, 6.45) is 5.88.